The van der Waals surface area contributed by atoms with Crippen molar-refractivity contribution >= 4 is 21.6 Å². The molecule has 0 aliphatic heterocycles. The highest BCUT2D eigenvalue weighted by Crippen LogP contribution is 2.33. The number of nitrogens with zero attached hydrogens (tertiary/aromatic N) is 2. The van der Waals surface area contributed by atoms with Crippen molar-refractivity contribution in [3.05, 3.63) is 57.0 Å². The standard InChI is InChI=1S/C22H27N3O2S/c1-14(2)24-16-7-8-18-19(12-16)28-21-20(18)22(26)25(13-23-21)10-9-15-5-4-6-17(11-15)27-3/h4-6,11,13-14,16,24H,7-10,12H2,1-3H3. The first-order valence-electron chi connectivity index (χ1n) is 9.94. The van der Waals surface area contributed by atoms with E-state index in [2.05, 4.69) is 30.2 Å². The van der Waals surface area contributed by atoms with E-state index < -0.39 is 0 Å². The molecule has 2 heterocycles. The molecule has 148 valence electrons. The molecule has 1 aromatic carbocycles. The fourth-order valence-electron chi connectivity index (χ4n) is 4.05. The van der Waals surface area contributed by atoms with Crippen molar-refractivity contribution in [3.8, 4) is 5.75 Å². The van der Waals surface area contributed by atoms with Gasteiger partial charge in [0.05, 0.1) is 18.8 Å². The minimum Gasteiger partial charge on any atom is -0.497 e. The molecule has 0 saturated heterocycles. The maximum absolute atomic E-state index is 13.2. The third-order valence-electron chi connectivity index (χ3n) is 5.38. The van der Waals surface area contributed by atoms with Gasteiger partial charge in [0.1, 0.15) is 10.6 Å². The molecular formula is C22H27N3O2S. The molecule has 4 rings (SSSR count). The zero-order valence-corrected chi connectivity index (χ0v) is 17.5. The second-order valence-corrected chi connectivity index (χ2v) is 8.87. The number of benzene rings is 1. The van der Waals surface area contributed by atoms with Crippen molar-refractivity contribution in [1.82, 2.24) is 14.9 Å². The molecule has 0 radical (unpaired) electrons. The van der Waals surface area contributed by atoms with E-state index in [-0.39, 0.29) is 5.56 Å². The van der Waals surface area contributed by atoms with Gasteiger partial charge in [0.25, 0.3) is 5.56 Å². The average Bonchev–Trinajstić information content (AvgIpc) is 3.05. The lowest BCUT2D eigenvalue weighted by atomic mass is 9.92. The number of hydrogen-bond acceptors (Lipinski definition) is 5. The Kier molecular flexibility index (Phi) is 5.51. The van der Waals surface area contributed by atoms with E-state index in [1.54, 1.807) is 29.3 Å². The number of thiophene rings is 1. The van der Waals surface area contributed by atoms with Gasteiger partial charge in [-0.25, -0.2) is 4.98 Å². The molecule has 0 fully saturated rings. The van der Waals surface area contributed by atoms with Gasteiger partial charge in [-0.2, -0.15) is 0 Å². The fourth-order valence-corrected chi connectivity index (χ4v) is 5.31. The van der Waals surface area contributed by atoms with Gasteiger partial charge in [-0.05, 0) is 48.9 Å². The molecule has 1 aliphatic rings. The van der Waals surface area contributed by atoms with Crippen molar-refractivity contribution in [3.63, 3.8) is 0 Å². The Morgan fingerprint density at radius 2 is 2.25 bits per heavy atom. The SMILES string of the molecule is COc1cccc(CCn2cnc3sc4c(c3c2=O)CCC(NC(C)C)C4)c1. The van der Waals surface area contributed by atoms with E-state index >= 15 is 0 Å². The summed E-state index contributed by atoms with van der Waals surface area (Å²) in [5, 5.41) is 4.48. The zero-order chi connectivity index (χ0) is 19.7. The first kappa shape index (κ1) is 19.2. The summed E-state index contributed by atoms with van der Waals surface area (Å²) < 4.78 is 7.05. The molecule has 6 heteroatoms. The van der Waals surface area contributed by atoms with Gasteiger partial charge in [0.2, 0.25) is 0 Å². The summed E-state index contributed by atoms with van der Waals surface area (Å²) in [6, 6.07) is 8.97. The molecule has 0 spiro atoms. The molecule has 5 nitrogen and oxygen atoms in total. The zero-order valence-electron chi connectivity index (χ0n) is 16.7. The highest BCUT2D eigenvalue weighted by molar-refractivity contribution is 7.18. The molecule has 1 aliphatic carbocycles. The maximum atomic E-state index is 13.2. The van der Waals surface area contributed by atoms with Crippen LogP contribution < -0.4 is 15.6 Å². The topological polar surface area (TPSA) is 56.2 Å². The van der Waals surface area contributed by atoms with Crippen LogP contribution in [-0.4, -0.2) is 28.7 Å². The minimum atomic E-state index is 0.0978. The van der Waals surface area contributed by atoms with Crippen molar-refractivity contribution in [2.24, 2.45) is 0 Å². The van der Waals surface area contributed by atoms with Crippen LogP contribution in [0.15, 0.2) is 35.4 Å². The van der Waals surface area contributed by atoms with Gasteiger partial charge < -0.3 is 10.1 Å². The summed E-state index contributed by atoms with van der Waals surface area (Å²) in [6.07, 6.45) is 5.51. The average molecular weight is 398 g/mol. The predicted octanol–water partition coefficient (Wildman–Crippen LogP) is 3.56. The summed E-state index contributed by atoms with van der Waals surface area (Å²) in [6.45, 7) is 4.99. The number of hydrogen-bond donors (Lipinski definition) is 1. The van der Waals surface area contributed by atoms with Gasteiger partial charge in [0.15, 0.2) is 0 Å². The van der Waals surface area contributed by atoms with Crippen molar-refractivity contribution in [2.75, 3.05) is 7.11 Å². The lowest BCUT2D eigenvalue weighted by Crippen LogP contribution is -2.38. The Bertz CT molecular complexity index is 1040. The summed E-state index contributed by atoms with van der Waals surface area (Å²) in [4.78, 5) is 20.0. The molecule has 1 N–H and O–H groups in total. The first-order valence-corrected chi connectivity index (χ1v) is 10.8. The van der Waals surface area contributed by atoms with Crippen LogP contribution in [0.2, 0.25) is 0 Å². The van der Waals surface area contributed by atoms with Crippen molar-refractivity contribution in [1.29, 1.82) is 0 Å². The molecule has 1 atom stereocenters. The van der Waals surface area contributed by atoms with Crippen LogP contribution in [0, 0.1) is 0 Å². The van der Waals surface area contributed by atoms with E-state index in [1.807, 2.05) is 18.2 Å². The molecule has 2 aromatic heterocycles. The lowest BCUT2D eigenvalue weighted by molar-refractivity contribution is 0.414. The third-order valence-corrected chi connectivity index (χ3v) is 6.54. The molecule has 0 amide bonds. The first-order chi connectivity index (χ1) is 13.5. The number of rotatable bonds is 6. The number of aromatic nitrogens is 2. The Hall–Kier alpha value is -2.18. The maximum Gasteiger partial charge on any atom is 0.262 e. The van der Waals surface area contributed by atoms with Crippen molar-refractivity contribution in [2.45, 2.75) is 58.2 Å². The third kappa shape index (κ3) is 3.84. The van der Waals surface area contributed by atoms with Crippen LogP contribution in [-0.2, 0) is 25.8 Å². The fraction of sp³-hybridized carbons (Fsp3) is 0.455. The number of ether oxygens (including phenoxy) is 1. The Balaban J connectivity index is 1.58. The van der Waals surface area contributed by atoms with Crippen LogP contribution in [0.25, 0.3) is 10.2 Å². The van der Waals surface area contributed by atoms with Gasteiger partial charge >= 0.3 is 0 Å². The van der Waals surface area contributed by atoms with Gasteiger partial charge in [-0.3, -0.25) is 9.36 Å². The Morgan fingerprint density at radius 1 is 1.39 bits per heavy atom. The predicted molar refractivity (Wildman–Crippen MR) is 115 cm³/mol. The summed E-state index contributed by atoms with van der Waals surface area (Å²) in [7, 11) is 1.67. The highest BCUT2D eigenvalue weighted by atomic mass is 32.1. The number of aryl methyl sites for hydroxylation is 3. The van der Waals surface area contributed by atoms with Gasteiger partial charge in [-0.1, -0.05) is 26.0 Å². The van der Waals surface area contributed by atoms with E-state index in [4.69, 9.17) is 4.74 Å². The molecule has 28 heavy (non-hydrogen) atoms. The second-order valence-electron chi connectivity index (χ2n) is 7.79. The Labute approximate surface area is 169 Å². The summed E-state index contributed by atoms with van der Waals surface area (Å²) in [5.41, 5.74) is 2.48. The number of nitrogens with one attached hydrogen (secondary N) is 1. The normalized spacial score (nSPS) is 16.5. The van der Waals surface area contributed by atoms with Crippen molar-refractivity contribution < 1.29 is 4.74 Å². The van der Waals surface area contributed by atoms with Crippen LogP contribution in [0.4, 0.5) is 0 Å². The molecular weight excluding hydrogens is 370 g/mol. The Morgan fingerprint density at radius 3 is 3.04 bits per heavy atom. The van der Waals surface area contributed by atoms with Gasteiger partial charge in [-0.15, -0.1) is 11.3 Å². The molecule has 0 saturated carbocycles. The largest absolute Gasteiger partial charge is 0.497 e. The van der Waals surface area contributed by atoms with Crippen LogP contribution in [0.3, 0.4) is 0 Å². The molecule has 1 unspecified atom stereocenters. The van der Waals surface area contributed by atoms with Gasteiger partial charge in [0, 0.05) is 23.5 Å². The minimum absolute atomic E-state index is 0.0978. The monoisotopic (exact) mass is 397 g/mol. The number of fused-ring (bicyclic) bond motifs is 3. The van der Waals surface area contributed by atoms with Crippen LogP contribution >= 0.6 is 11.3 Å². The van der Waals surface area contributed by atoms with Crippen LogP contribution in [0.1, 0.15) is 36.3 Å². The highest BCUT2D eigenvalue weighted by Gasteiger charge is 2.25. The quantitative estimate of drug-likeness (QED) is 0.691. The smallest absolute Gasteiger partial charge is 0.262 e. The lowest BCUT2D eigenvalue weighted by Gasteiger charge is -2.25. The second kappa shape index (κ2) is 8.05. The van der Waals surface area contributed by atoms with E-state index in [1.165, 1.54) is 10.4 Å². The number of methoxy groups -OCH3 is 1. The molecule has 0 bridgehead atoms. The van der Waals surface area contributed by atoms with Crippen LogP contribution in [0.5, 0.6) is 5.75 Å². The van der Waals surface area contributed by atoms with E-state index in [9.17, 15) is 4.79 Å². The van der Waals surface area contributed by atoms with E-state index in [0.29, 0.717) is 18.6 Å². The molecule has 3 aromatic rings. The van der Waals surface area contributed by atoms with E-state index in [0.717, 1.165) is 47.2 Å². The summed E-state index contributed by atoms with van der Waals surface area (Å²) >= 11 is 1.69. The summed E-state index contributed by atoms with van der Waals surface area (Å²) in [5.74, 6) is 0.842.